The summed E-state index contributed by atoms with van der Waals surface area (Å²) in [5.74, 6) is 0.634. The quantitative estimate of drug-likeness (QED) is 0.511. The highest BCUT2D eigenvalue weighted by atomic mass is 31.1. The molecule has 2 aliphatic rings. The Morgan fingerprint density at radius 2 is 2.03 bits per heavy atom. The first-order valence-corrected chi connectivity index (χ1v) is 10.9. The van der Waals surface area contributed by atoms with Gasteiger partial charge < -0.3 is 15.6 Å². The maximum absolute atomic E-state index is 12.5. The van der Waals surface area contributed by atoms with Crippen molar-refractivity contribution in [3.8, 4) is 11.4 Å². The summed E-state index contributed by atoms with van der Waals surface area (Å²) in [4.78, 5) is 23.7. The van der Waals surface area contributed by atoms with E-state index in [4.69, 9.17) is 19.5 Å². The predicted molar refractivity (Wildman–Crippen MR) is 110 cm³/mol. The first-order valence-electron chi connectivity index (χ1n) is 9.82. The Hall–Kier alpha value is -2.69. The summed E-state index contributed by atoms with van der Waals surface area (Å²) < 4.78 is 29.5. The van der Waals surface area contributed by atoms with Gasteiger partial charge in [0.05, 0.1) is 0 Å². The lowest BCUT2D eigenvalue weighted by Gasteiger charge is -2.19. The average molecular weight is 446 g/mol. The van der Waals surface area contributed by atoms with Crippen molar-refractivity contribution >= 4 is 25.4 Å². The first-order chi connectivity index (χ1) is 14.8. The molecule has 0 saturated carbocycles. The first kappa shape index (κ1) is 20.2. The van der Waals surface area contributed by atoms with E-state index in [9.17, 15) is 14.5 Å². The van der Waals surface area contributed by atoms with Crippen molar-refractivity contribution in [3.63, 3.8) is 0 Å². The second-order valence-corrected chi connectivity index (χ2v) is 8.77. The molecule has 4 heterocycles. The van der Waals surface area contributed by atoms with Crippen LogP contribution in [0.2, 0.25) is 0 Å². The minimum atomic E-state index is -2.34. The molecule has 31 heavy (non-hydrogen) atoms. The number of aliphatic hydroxyl groups excluding tert-OH is 1. The van der Waals surface area contributed by atoms with E-state index in [0.717, 1.165) is 5.56 Å². The molecule has 2 fully saturated rings. The maximum atomic E-state index is 12.5. The normalized spacial score (nSPS) is 27.2. The highest BCUT2D eigenvalue weighted by Crippen LogP contribution is 2.44. The minimum absolute atomic E-state index is 0.00856. The molecule has 0 bridgehead atoms. The second kappa shape index (κ2) is 7.47. The summed E-state index contributed by atoms with van der Waals surface area (Å²) >= 11 is 0. The molecule has 5 rings (SSSR count). The zero-order chi connectivity index (χ0) is 21.9. The molecule has 0 radical (unpaired) electrons. The Balaban J connectivity index is 1.68. The summed E-state index contributed by atoms with van der Waals surface area (Å²) in [6.07, 6.45) is -3.68. The molecule has 3 unspecified atom stereocenters. The van der Waals surface area contributed by atoms with Gasteiger partial charge in [-0.3, -0.25) is 14.3 Å². The SMILES string of the molecule is CC(C)c1ccc(-c2nc3c(=O)[nH]c(N)nc3n2[C@@H]2OC3CO[P+](=O)O[C@H]3C2O)cc1. The number of hydrogen-bond donors (Lipinski definition) is 3. The molecule has 3 aromatic rings. The molecule has 1 aromatic carbocycles. The average Bonchev–Trinajstić information content (AvgIpc) is 3.26. The van der Waals surface area contributed by atoms with E-state index in [1.807, 2.05) is 24.3 Å². The number of aromatic nitrogens is 4. The molecule has 162 valence electrons. The Kier molecular flexibility index (Phi) is 4.87. The van der Waals surface area contributed by atoms with Crippen LogP contribution in [-0.2, 0) is 18.3 Å². The number of nitrogens with two attached hydrogens (primary N) is 1. The second-order valence-electron chi connectivity index (χ2n) is 7.85. The number of imidazole rings is 1. The van der Waals surface area contributed by atoms with Gasteiger partial charge in [0.2, 0.25) is 5.95 Å². The van der Waals surface area contributed by atoms with Gasteiger partial charge in [0.25, 0.3) is 5.56 Å². The summed E-state index contributed by atoms with van der Waals surface area (Å²) in [7, 11) is -2.34. The summed E-state index contributed by atoms with van der Waals surface area (Å²) in [6, 6.07) is 7.72. The largest absolute Gasteiger partial charge is 0.697 e. The van der Waals surface area contributed by atoms with Crippen LogP contribution in [0.5, 0.6) is 0 Å². The number of nitrogens with zero attached hydrogens (tertiary/aromatic N) is 3. The van der Waals surface area contributed by atoms with Crippen molar-refractivity contribution in [2.45, 2.75) is 44.3 Å². The summed E-state index contributed by atoms with van der Waals surface area (Å²) in [6.45, 7) is 4.19. The van der Waals surface area contributed by atoms with Gasteiger partial charge >= 0.3 is 8.25 Å². The van der Waals surface area contributed by atoms with Crippen LogP contribution >= 0.6 is 8.25 Å². The fourth-order valence-corrected chi connectivity index (χ4v) is 4.71. The number of benzene rings is 1. The number of anilines is 1. The van der Waals surface area contributed by atoms with Crippen molar-refractivity contribution in [3.05, 3.63) is 40.2 Å². The summed E-state index contributed by atoms with van der Waals surface area (Å²) in [5, 5.41) is 10.9. The van der Waals surface area contributed by atoms with Gasteiger partial charge in [-0.15, -0.1) is 9.05 Å². The molecule has 5 atom stereocenters. The molecule has 11 nitrogen and oxygen atoms in total. The number of hydrogen-bond acceptors (Lipinski definition) is 9. The number of ether oxygens (including phenoxy) is 1. The molecule has 0 amide bonds. The molecular formula is C19H21N5O6P+. The van der Waals surface area contributed by atoms with Gasteiger partial charge in [0.15, 0.2) is 23.5 Å². The highest BCUT2D eigenvalue weighted by Gasteiger charge is 2.55. The van der Waals surface area contributed by atoms with Crippen LogP contribution in [-0.4, -0.2) is 49.5 Å². The predicted octanol–water partition coefficient (Wildman–Crippen LogP) is 1.82. The number of nitrogen functional groups attached to an aromatic ring is 1. The third-order valence-electron chi connectivity index (χ3n) is 5.52. The summed E-state index contributed by atoms with van der Waals surface area (Å²) in [5.41, 5.74) is 7.33. The lowest BCUT2D eigenvalue weighted by atomic mass is 10.0. The van der Waals surface area contributed by atoms with Crippen molar-refractivity contribution in [2.24, 2.45) is 0 Å². The maximum Gasteiger partial charge on any atom is 0.697 e. The van der Waals surface area contributed by atoms with E-state index in [1.54, 1.807) is 0 Å². The Labute approximate surface area is 177 Å². The smallest absolute Gasteiger partial charge is 0.385 e. The van der Waals surface area contributed by atoms with Crippen LogP contribution < -0.4 is 11.3 Å². The van der Waals surface area contributed by atoms with E-state index in [1.165, 1.54) is 4.57 Å². The van der Waals surface area contributed by atoms with Crippen molar-refractivity contribution < 1.29 is 23.5 Å². The molecule has 12 heteroatoms. The highest BCUT2D eigenvalue weighted by molar-refractivity contribution is 7.33. The van der Waals surface area contributed by atoms with Gasteiger partial charge in [0.1, 0.15) is 24.6 Å². The molecular weight excluding hydrogens is 425 g/mol. The van der Waals surface area contributed by atoms with Crippen LogP contribution in [0.25, 0.3) is 22.6 Å². The lowest BCUT2D eigenvalue weighted by molar-refractivity contribution is -0.0546. The van der Waals surface area contributed by atoms with Gasteiger partial charge in [-0.25, -0.2) is 4.98 Å². The van der Waals surface area contributed by atoms with Gasteiger partial charge in [-0.2, -0.15) is 4.98 Å². The fourth-order valence-electron chi connectivity index (χ4n) is 3.92. The molecule has 2 saturated heterocycles. The molecule has 2 aromatic heterocycles. The third kappa shape index (κ3) is 3.35. The molecule has 4 N–H and O–H groups in total. The third-order valence-corrected chi connectivity index (χ3v) is 6.30. The Morgan fingerprint density at radius 3 is 2.74 bits per heavy atom. The van der Waals surface area contributed by atoms with Crippen LogP contribution in [0, 0.1) is 0 Å². The Morgan fingerprint density at radius 1 is 1.29 bits per heavy atom. The van der Waals surface area contributed by atoms with E-state index in [-0.39, 0.29) is 23.7 Å². The molecule has 2 aliphatic heterocycles. The van der Waals surface area contributed by atoms with Crippen molar-refractivity contribution in [2.75, 3.05) is 12.3 Å². The van der Waals surface area contributed by atoms with Crippen LogP contribution in [0.3, 0.4) is 0 Å². The number of aromatic amines is 1. The van der Waals surface area contributed by atoms with E-state index in [2.05, 4.69) is 28.8 Å². The van der Waals surface area contributed by atoms with E-state index >= 15 is 0 Å². The fraction of sp³-hybridized carbons (Fsp3) is 0.421. The van der Waals surface area contributed by atoms with Gasteiger partial charge in [0, 0.05) is 10.1 Å². The molecule has 0 spiro atoms. The zero-order valence-electron chi connectivity index (χ0n) is 16.8. The van der Waals surface area contributed by atoms with Crippen molar-refractivity contribution in [1.29, 1.82) is 0 Å². The lowest BCUT2D eigenvalue weighted by Crippen LogP contribution is -2.37. The van der Waals surface area contributed by atoms with Gasteiger partial charge in [-0.05, 0) is 11.5 Å². The monoisotopic (exact) mass is 446 g/mol. The van der Waals surface area contributed by atoms with E-state index < -0.39 is 38.4 Å². The number of H-pyrrole nitrogens is 1. The topological polar surface area (TPSA) is 155 Å². The number of rotatable bonds is 3. The van der Waals surface area contributed by atoms with Crippen LogP contribution in [0.1, 0.15) is 31.6 Å². The van der Waals surface area contributed by atoms with Crippen LogP contribution in [0.15, 0.2) is 29.1 Å². The number of aliphatic hydroxyl groups is 1. The van der Waals surface area contributed by atoms with Crippen LogP contribution in [0.4, 0.5) is 5.95 Å². The number of nitrogens with one attached hydrogen (secondary N) is 1. The van der Waals surface area contributed by atoms with Crippen molar-refractivity contribution in [1.82, 2.24) is 19.5 Å². The Bertz CT molecular complexity index is 1220. The standard InChI is InChI=1S/C19H20N5O6P/c1-8(2)9-3-5-10(6-4-9)15-21-12-16(22-19(20)23-17(12)26)24(15)18-13(25)14-11(29-18)7-28-31(27)30-14/h3-6,8,11,13-14,18,25H,7H2,1-2H3,(H2-,20,22,23,26)/p+1/t11?,13?,14-,18-/m1/s1. The van der Waals surface area contributed by atoms with Gasteiger partial charge in [-0.1, -0.05) is 38.1 Å². The van der Waals surface area contributed by atoms with E-state index in [0.29, 0.717) is 17.3 Å². The zero-order valence-corrected chi connectivity index (χ0v) is 17.7. The number of fused-ring (bicyclic) bond motifs is 2. The molecule has 0 aliphatic carbocycles. The minimum Gasteiger partial charge on any atom is -0.385 e.